The molecule has 0 saturated heterocycles. The number of hydrogen-bond donors (Lipinski definition) is 3. The van der Waals surface area contributed by atoms with Crippen molar-refractivity contribution in [2.24, 2.45) is 0 Å². The van der Waals surface area contributed by atoms with E-state index in [1.54, 1.807) is 0 Å². The summed E-state index contributed by atoms with van der Waals surface area (Å²) in [5, 5.41) is 13.5. The molecule has 2 rings (SSSR count). The average molecular weight is 264 g/mol. The van der Waals surface area contributed by atoms with Gasteiger partial charge in [-0.1, -0.05) is 4.68 Å². The zero-order valence-corrected chi connectivity index (χ0v) is 9.62. The first-order chi connectivity index (χ1) is 9.04. The van der Waals surface area contributed by atoms with Crippen molar-refractivity contribution < 1.29 is 23.9 Å². The lowest BCUT2D eigenvalue weighted by Gasteiger charge is -2.02. The molecule has 0 fully saturated rings. The zero-order valence-electron chi connectivity index (χ0n) is 9.62. The lowest BCUT2D eigenvalue weighted by atomic mass is 10.2. The molecule has 8 heteroatoms. The van der Waals surface area contributed by atoms with Gasteiger partial charge in [0.05, 0.1) is 5.56 Å². The number of carbonyl (C=O) groups excluding carboxylic acids is 1. The Hall–Kier alpha value is -2.90. The highest BCUT2D eigenvalue weighted by Gasteiger charge is 2.13. The molecule has 0 spiro atoms. The van der Waals surface area contributed by atoms with Crippen molar-refractivity contribution in [1.29, 1.82) is 0 Å². The fraction of sp³-hybridized carbons (Fsp3) is 0.0909. The van der Waals surface area contributed by atoms with Gasteiger partial charge in [-0.25, -0.2) is 9.59 Å². The number of carboxylic acid groups (broad SMARTS) is 1. The SMILES string of the molecule is O=C(C[n+]1cc(=O)o[nH]1)Nc1ccc(C(=O)O)cc1. The summed E-state index contributed by atoms with van der Waals surface area (Å²) < 4.78 is 5.58. The first kappa shape index (κ1) is 12.6. The molecule has 0 saturated carbocycles. The number of anilines is 1. The van der Waals surface area contributed by atoms with E-state index in [1.807, 2.05) is 0 Å². The van der Waals surface area contributed by atoms with Crippen LogP contribution in [-0.2, 0) is 11.3 Å². The Morgan fingerprint density at radius 2 is 2.00 bits per heavy atom. The molecule has 1 aromatic heterocycles. The highest BCUT2D eigenvalue weighted by atomic mass is 16.5. The normalized spacial score (nSPS) is 10.1. The van der Waals surface area contributed by atoms with Gasteiger partial charge in [0.2, 0.25) is 0 Å². The van der Waals surface area contributed by atoms with E-state index < -0.39 is 11.6 Å². The summed E-state index contributed by atoms with van der Waals surface area (Å²) in [7, 11) is 0. The van der Waals surface area contributed by atoms with Crippen LogP contribution in [0, 0.1) is 0 Å². The quantitative estimate of drug-likeness (QED) is 0.649. The summed E-state index contributed by atoms with van der Waals surface area (Å²) in [4.78, 5) is 33.0. The molecule has 0 unspecified atom stereocenters. The summed E-state index contributed by atoms with van der Waals surface area (Å²) >= 11 is 0. The van der Waals surface area contributed by atoms with Gasteiger partial charge in [0.25, 0.3) is 18.6 Å². The van der Waals surface area contributed by atoms with Crippen molar-refractivity contribution in [3.63, 3.8) is 0 Å². The number of benzene rings is 1. The predicted molar refractivity (Wildman–Crippen MR) is 61.6 cm³/mol. The molecular weight excluding hydrogens is 254 g/mol. The van der Waals surface area contributed by atoms with E-state index in [1.165, 1.54) is 28.9 Å². The van der Waals surface area contributed by atoms with E-state index in [4.69, 9.17) is 5.11 Å². The summed E-state index contributed by atoms with van der Waals surface area (Å²) in [6.45, 7) is -0.119. The zero-order chi connectivity index (χ0) is 13.8. The van der Waals surface area contributed by atoms with Gasteiger partial charge in [0.1, 0.15) is 0 Å². The average Bonchev–Trinajstić information content (AvgIpc) is 2.75. The van der Waals surface area contributed by atoms with Crippen molar-refractivity contribution in [3.8, 4) is 0 Å². The largest absolute Gasteiger partial charge is 0.478 e. The summed E-state index contributed by atoms with van der Waals surface area (Å²) in [6, 6.07) is 5.71. The van der Waals surface area contributed by atoms with E-state index in [2.05, 4.69) is 15.1 Å². The van der Waals surface area contributed by atoms with Crippen LogP contribution in [0.2, 0.25) is 0 Å². The number of aromatic carboxylic acids is 1. The fourth-order valence-corrected chi connectivity index (χ4v) is 1.41. The van der Waals surface area contributed by atoms with Crippen molar-refractivity contribution in [2.45, 2.75) is 6.54 Å². The molecule has 19 heavy (non-hydrogen) atoms. The van der Waals surface area contributed by atoms with Crippen LogP contribution < -0.4 is 15.6 Å². The second-order valence-electron chi connectivity index (χ2n) is 3.70. The number of carbonyl (C=O) groups is 2. The molecule has 0 atom stereocenters. The maximum atomic E-state index is 11.6. The third-order valence-electron chi connectivity index (χ3n) is 2.25. The molecule has 1 heterocycles. The molecule has 1 aromatic carbocycles. The van der Waals surface area contributed by atoms with Crippen molar-refractivity contribution in [2.75, 3.05) is 5.32 Å². The summed E-state index contributed by atoms with van der Waals surface area (Å²) in [5.41, 5.74) is 0.00610. The molecule has 0 radical (unpaired) electrons. The molecule has 0 bridgehead atoms. The third kappa shape index (κ3) is 3.28. The van der Waals surface area contributed by atoms with Crippen LogP contribution >= 0.6 is 0 Å². The van der Waals surface area contributed by atoms with Gasteiger partial charge in [-0.15, -0.1) is 0 Å². The van der Waals surface area contributed by atoms with Crippen LogP contribution in [0.3, 0.4) is 0 Å². The summed E-state index contributed by atoms with van der Waals surface area (Å²) in [6.07, 6.45) is 1.10. The molecule has 8 nitrogen and oxygen atoms in total. The molecule has 3 N–H and O–H groups in total. The van der Waals surface area contributed by atoms with Crippen LogP contribution in [0.15, 0.2) is 39.8 Å². The van der Waals surface area contributed by atoms with E-state index in [0.717, 1.165) is 6.20 Å². The Labute approximate surface area is 106 Å². The van der Waals surface area contributed by atoms with Gasteiger partial charge < -0.3 is 10.4 Å². The Morgan fingerprint density at radius 3 is 2.53 bits per heavy atom. The number of nitrogens with zero attached hydrogens (tertiary/aromatic N) is 1. The van der Waals surface area contributed by atoms with E-state index in [0.29, 0.717) is 5.69 Å². The number of carboxylic acids is 1. The Kier molecular flexibility index (Phi) is 3.42. The number of nitrogens with one attached hydrogen (secondary N) is 2. The number of H-pyrrole nitrogens is 1. The van der Waals surface area contributed by atoms with E-state index in [9.17, 15) is 14.4 Å². The number of aromatic amines is 1. The minimum absolute atomic E-state index is 0.119. The molecule has 0 aliphatic heterocycles. The second kappa shape index (κ2) is 5.17. The number of rotatable bonds is 4. The monoisotopic (exact) mass is 264 g/mol. The first-order valence-corrected chi connectivity index (χ1v) is 5.26. The summed E-state index contributed by atoms with van der Waals surface area (Å²) in [5.74, 6) is -1.42. The predicted octanol–water partition coefficient (Wildman–Crippen LogP) is -0.408. The maximum Gasteiger partial charge on any atom is 0.426 e. The molecule has 0 aliphatic rings. The van der Waals surface area contributed by atoms with Crippen LogP contribution in [0.25, 0.3) is 0 Å². The van der Waals surface area contributed by atoms with Gasteiger partial charge in [-0.05, 0) is 29.5 Å². The van der Waals surface area contributed by atoms with Gasteiger partial charge in [0.15, 0.2) is 0 Å². The highest BCUT2D eigenvalue weighted by Crippen LogP contribution is 2.09. The molecule has 98 valence electrons. The number of amides is 1. The number of aromatic nitrogens is 2. The highest BCUT2D eigenvalue weighted by molar-refractivity contribution is 5.91. The lowest BCUT2D eigenvalue weighted by Crippen LogP contribution is -2.41. The molecule has 2 aromatic rings. The fourth-order valence-electron chi connectivity index (χ4n) is 1.41. The molecular formula is C11H10N3O5+. The smallest absolute Gasteiger partial charge is 0.426 e. The maximum absolute atomic E-state index is 11.6. The van der Waals surface area contributed by atoms with Crippen LogP contribution in [0.1, 0.15) is 10.4 Å². The van der Waals surface area contributed by atoms with Gasteiger partial charge in [0, 0.05) is 5.69 Å². The lowest BCUT2D eigenvalue weighted by molar-refractivity contribution is -0.750. The Morgan fingerprint density at radius 1 is 1.32 bits per heavy atom. The first-order valence-electron chi connectivity index (χ1n) is 5.26. The number of hydrogen-bond acceptors (Lipinski definition) is 4. The third-order valence-corrected chi connectivity index (χ3v) is 2.25. The van der Waals surface area contributed by atoms with Crippen molar-refractivity contribution in [3.05, 3.63) is 46.4 Å². The van der Waals surface area contributed by atoms with Gasteiger partial charge in [-0.2, -0.15) is 0 Å². The topological polar surface area (TPSA) is 116 Å². The standard InChI is InChI=1S/C11H9N3O5/c15-9(5-14-6-10(16)19-13-14)12-8-3-1-7(2-4-8)11(17)18/h1-4,6H,5H2,(H2-,12,13,15,16,17,18)/p+1. The van der Waals surface area contributed by atoms with Gasteiger partial charge in [-0.3, -0.25) is 9.32 Å². The minimum atomic E-state index is -1.04. The Bertz CT molecular complexity index is 655. The Balaban J connectivity index is 1.98. The molecule has 1 amide bonds. The van der Waals surface area contributed by atoms with Gasteiger partial charge >= 0.3 is 11.6 Å². The van der Waals surface area contributed by atoms with Crippen LogP contribution in [0.5, 0.6) is 0 Å². The van der Waals surface area contributed by atoms with E-state index >= 15 is 0 Å². The van der Waals surface area contributed by atoms with Crippen LogP contribution in [0.4, 0.5) is 5.69 Å². The van der Waals surface area contributed by atoms with Crippen LogP contribution in [-0.4, -0.2) is 22.3 Å². The van der Waals surface area contributed by atoms with E-state index in [-0.39, 0.29) is 18.0 Å². The second-order valence-corrected chi connectivity index (χ2v) is 3.70. The minimum Gasteiger partial charge on any atom is -0.478 e. The van der Waals surface area contributed by atoms with Crippen molar-refractivity contribution in [1.82, 2.24) is 5.27 Å². The molecule has 0 aliphatic carbocycles. The van der Waals surface area contributed by atoms with Crippen molar-refractivity contribution >= 4 is 17.6 Å².